The van der Waals surface area contributed by atoms with Gasteiger partial charge in [-0.05, 0) is 18.1 Å². The molecule has 0 amide bonds. The van der Waals surface area contributed by atoms with Crippen LogP contribution in [0.15, 0.2) is 29.2 Å². The highest BCUT2D eigenvalue weighted by Gasteiger charge is 2.39. The molecule has 1 atom stereocenters. The SMILES string of the molecule is CCc1ccccc1S(=O)(=O)N1CCSC[C@@H]1S(C)(=O)=O. The van der Waals surface area contributed by atoms with E-state index in [0.717, 1.165) is 10.6 Å². The first-order valence-electron chi connectivity index (χ1n) is 6.65. The lowest BCUT2D eigenvalue weighted by atomic mass is 10.2. The van der Waals surface area contributed by atoms with Gasteiger partial charge in [0.15, 0.2) is 9.84 Å². The first kappa shape index (κ1) is 16.8. The lowest BCUT2D eigenvalue weighted by Crippen LogP contribution is -2.49. The number of sulfonamides is 1. The third-order valence-corrected chi connectivity index (χ3v) is 8.26. The summed E-state index contributed by atoms with van der Waals surface area (Å²) >= 11 is 1.47. The van der Waals surface area contributed by atoms with Gasteiger partial charge < -0.3 is 0 Å². The summed E-state index contributed by atoms with van der Waals surface area (Å²) in [5.74, 6) is 0.895. The molecule has 0 spiro atoms. The van der Waals surface area contributed by atoms with Crippen LogP contribution in [0.25, 0.3) is 0 Å². The summed E-state index contributed by atoms with van der Waals surface area (Å²) in [5.41, 5.74) is 0.711. The largest absolute Gasteiger partial charge is 0.244 e. The molecule has 118 valence electrons. The molecule has 1 saturated heterocycles. The molecule has 5 nitrogen and oxygen atoms in total. The molecule has 0 aliphatic carbocycles. The van der Waals surface area contributed by atoms with Crippen LogP contribution in [-0.4, -0.2) is 50.8 Å². The second-order valence-corrected chi connectivity index (χ2v) is 10.1. The van der Waals surface area contributed by atoms with E-state index in [9.17, 15) is 16.8 Å². The number of rotatable bonds is 4. The first-order valence-corrected chi connectivity index (χ1v) is 11.2. The van der Waals surface area contributed by atoms with Gasteiger partial charge in [-0.1, -0.05) is 25.1 Å². The van der Waals surface area contributed by atoms with Gasteiger partial charge in [-0.25, -0.2) is 16.8 Å². The first-order chi connectivity index (χ1) is 9.78. The zero-order valence-electron chi connectivity index (χ0n) is 12.0. The normalized spacial score (nSPS) is 21.3. The Morgan fingerprint density at radius 1 is 1.24 bits per heavy atom. The summed E-state index contributed by atoms with van der Waals surface area (Å²) in [4.78, 5) is 0.216. The lowest BCUT2D eigenvalue weighted by molar-refractivity contribution is 0.404. The Hall–Kier alpha value is -0.570. The van der Waals surface area contributed by atoms with Gasteiger partial charge >= 0.3 is 0 Å². The molecule has 1 aromatic carbocycles. The Morgan fingerprint density at radius 3 is 2.52 bits per heavy atom. The fourth-order valence-corrected chi connectivity index (χ4v) is 7.82. The van der Waals surface area contributed by atoms with E-state index in [1.165, 1.54) is 11.8 Å². The van der Waals surface area contributed by atoms with E-state index in [-0.39, 0.29) is 17.2 Å². The van der Waals surface area contributed by atoms with Crippen LogP contribution in [0.2, 0.25) is 0 Å². The minimum Gasteiger partial charge on any atom is -0.227 e. The Kier molecular flexibility index (Phi) is 5.02. The second kappa shape index (κ2) is 6.28. The molecule has 1 aliphatic heterocycles. The van der Waals surface area contributed by atoms with Crippen LogP contribution in [0.5, 0.6) is 0 Å². The van der Waals surface area contributed by atoms with E-state index >= 15 is 0 Å². The van der Waals surface area contributed by atoms with Crippen molar-refractivity contribution in [3.8, 4) is 0 Å². The topological polar surface area (TPSA) is 71.5 Å². The van der Waals surface area contributed by atoms with Gasteiger partial charge in [0.25, 0.3) is 0 Å². The van der Waals surface area contributed by atoms with E-state index in [2.05, 4.69) is 0 Å². The molecule has 1 heterocycles. The summed E-state index contributed by atoms with van der Waals surface area (Å²) in [7, 11) is -7.26. The maximum Gasteiger partial charge on any atom is 0.244 e. The van der Waals surface area contributed by atoms with Crippen molar-refractivity contribution in [2.45, 2.75) is 23.6 Å². The van der Waals surface area contributed by atoms with Gasteiger partial charge in [-0.15, -0.1) is 0 Å². The van der Waals surface area contributed by atoms with Crippen LogP contribution in [-0.2, 0) is 26.3 Å². The molecule has 1 aromatic rings. The number of benzene rings is 1. The third-order valence-electron chi connectivity index (χ3n) is 3.47. The van der Waals surface area contributed by atoms with Gasteiger partial charge in [-0.3, -0.25) is 0 Å². The van der Waals surface area contributed by atoms with Crippen LogP contribution in [0, 0.1) is 0 Å². The Bertz CT molecular complexity index is 713. The van der Waals surface area contributed by atoms with Crippen molar-refractivity contribution < 1.29 is 16.8 Å². The van der Waals surface area contributed by atoms with E-state index in [0.29, 0.717) is 17.7 Å². The molecule has 0 bridgehead atoms. The summed E-state index contributed by atoms with van der Waals surface area (Å²) < 4.78 is 50.7. The molecule has 2 rings (SSSR count). The van der Waals surface area contributed by atoms with E-state index in [1.54, 1.807) is 24.3 Å². The molecular weight excluding hydrogens is 330 g/mol. The Balaban J connectivity index is 2.51. The molecule has 0 saturated carbocycles. The summed E-state index contributed by atoms with van der Waals surface area (Å²) in [6.07, 6.45) is 1.68. The van der Waals surface area contributed by atoms with Crippen LogP contribution < -0.4 is 0 Å². The Labute approximate surface area is 130 Å². The van der Waals surface area contributed by atoms with E-state index in [1.807, 2.05) is 6.92 Å². The van der Waals surface area contributed by atoms with Crippen molar-refractivity contribution in [1.29, 1.82) is 0 Å². The molecule has 1 aliphatic rings. The van der Waals surface area contributed by atoms with Crippen molar-refractivity contribution in [3.63, 3.8) is 0 Å². The van der Waals surface area contributed by atoms with Crippen LogP contribution in [0.3, 0.4) is 0 Å². The second-order valence-electron chi connectivity index (χ2n) is 4.94. The van der Waals surface area contributed by atoms with Crippen molar-refractivity contribution in [2.75, 3.05) is 24.3 Å². The summed E-state index contributed by atoms with van der Waals surface area (Å²) in [5, 5.41) is -0.980. The predicted octanol–water partition coefficient (Wildman–Crippen LogP) is 1.36. The van der Waals surface area contributed by atoms with Crippen molar-refractivity contribution in [1.82, 2.24) is 4.31 Å². The highest BCUT2D eigenvalue weighted by atomic mass is 32.2. The molecule has 8 heteroatoms. The van der Waals surface area contributed by atoms with E-state index < -0.39 is 25.2 Å². The average Bonchev–Trinajstić information content (AvgIpc) is 2.46. The van der Waals surface area contributed by atoms with Gasteiger partial charge in [0, 0.05) is 24.3 Å². The van der Waals surface area contributed by atoms with Gasteiger partial charge in [0.2, 0.25) is 10.0 Å². The van der Waals surface area contributed by atoms with Gasteiger partial charge in [0.05, 0.1) is 4.90 Å². The smallest absolute Gasteiger partial charge is 0.227 e. The predicted molar refractivity (Wildman–Crippen MR) is 85.7 cm³/mol. The highest BCUT2D eigenvalue weighted by molar-refractivity contribution is 8.01. The number of aryl methyl sites for hydroxylation is 1. The van der Waals surface area contributed by atoms with Gasteiger partial charge in [0.1, 0.15) is 5.37 Å². The zero-order chi connectivity index (χ0) is 15.7. The van der Waals surface area contributed by atoms with Crippen LogP contribution >= 0.6 is 11.8 Å². The van der Waals surface area contributed by atoms with Crippen LogP contribution in [0.4, 0.5) is 0 Å². The third kappa shape index (κ3) is 3.44. The van der Waals surface area contributed by atoms with Crippen LogP contribution in [0.1, 0.15) is 12.5 Å². The fourth-order valence-electron chi connectivity index (χ4n) is 2.35. The molecule has 0 radical (unpaired) electrons. The Morgan fingerprint density at radius 2 is 1.90 bits per heavy atom. The van der Waals surface area contributed by atoms with E-state index in [4.69, 9.17) is 0 Å². The molecule has 21 heavy (non-hydrogen) atoms. The maximum atomic E-state index is 12.9. The molecule has 0 unspecified atom stereocenters. The molecule has 0 aromatic heterocycles. The van der Waals surface area contributed by atoms with Crippen molar-refractivity contribution >= 4 is 31.6 Å². The minimum atomic E-state index is -3.80. The average molecular weight is 349 g/mol. The number of hydrogen-bond donors (Lipinski definition) is 0. The number of sulfone groups is 1. The van der Waals surface area contributed by atoms with Crippen molar-refractivity contribution in [3.05, 3.63) is 29.8 Å². The summed E-state index contributed by atoms with van der Waals surface area (Å²) in [6, 6.07) is 6.77. The van der Waals surface area contributed by atoms with Gasteiger partial charge in [-0.2, -0.15) is 16.1 Å². The quantitative estimate of drug-likeness (QED) is 0.821. The summed E-state index contributed by atoms with van der Waals surface area (Å²) in [6.45, 7) is 2.11. The molecule has 1 fully saturated rings. The zero-order valence-corrected chi connectivity index (χ0v) is 14.5. The number of thioether (sulfide) groups is 1. The molecular formula is C13H19NO4S3. The fraction of sp³-hybridized carbons (Fsp3) is 0.538. The number of hydrogen-bond acceptors (Lipinski definition) is 5. The monoisotopic (exact) mass is 349 g/mol. The minimum absolute atomic E-state index is 0.216. The maximum absolute atomic E-state index is 12.9. The molecule has 0 N–H and O–H groups in total. The standard InChI is InChI=1S/C13H19NO4S3/c1-3-11-6-4-5-7-12(11)21(17,18)14-8-9-19-10-13(14)20(2,15)16/h4-7,13H,3,8-10H2,1-2H3/t13-/m0/s1. The lowest BCUT2D eigenvalue weighted by Gasteiger charge is -2.33. The highest BCUT2D eigenvalue weighted by Crippen LogP contribution is 2.28. The number of nitrogens with zero attached hydrogens (tertiary/aromatic N) is 1. The van der Waals surface area contributed by atoms with Crippen molar-refractivity contribution in [2.24, 2.45) is 0 Å².